The molecule has 0 heterocycles. The Hall–Kier alpha value is -1.26. The van der Waals surface area contributed by atoms with Crippen LogP contribution < -0.4 is 10.6 Å². The second-order valence-electron chi connectivity index (χ2n) is 5.99. The van der Waals surface area contributed by atoms with E-state index < -0.39 is 11.9 Å². The average molecular weight is 357 g/mol. The van der Waals surface area contributed by atoms with Gasteiger partial charge < -0.3 is 10.6 Å². The van der Waals surface area contributed by atoms with Crippen molar-refractivity contribution < 1.29 is 9.59 Å². The maximum Gasteiger partial charge on any atom is 0.253 e. The molecule has 0 bridgehead atoms. The Morgan fingerprint density at radius 1 is 1.13 bits per heavy atom. The van der Waals surface area contributed by atoms with E-state index in [0.29, 0.717) is 5.02 Å². The van der Waals surface area contributed by atoms with Gasteiger partial charge >= 0.3 is 0 Å². The summed E-state index contributed by atoms with van der Waals surface area (Å²) in [5, 5.41) is 6.22. The predicted octanol–water partition coefficient (Wildman–Crippen LogP) is 3.95. The van der Waals surface area contributed by atoms with E-state index in [1.54, 1.807) is 25.1 Å². The molecule has 126 valence electrons. The Kier molecular flexibility index (Phi) is 6.72. The van der Waals surface area contributed by atoms with Gasteiger partial charge in [-0.3, -0.25) is 9.59 Å². The fourth-order valence-corrected chi connectivity index (χ4v) is 3.16. The Labute approximate surface area is 146 Å². The van der Waals surface area contributed by atoms with E-state index in [2.05, 4.69) is 10.6 Å². The number of hydrogen-bond acceptors (Lipinski definition) is 2. The van der Waals surface area contributed by atoms with Crippen LogP contribution in [0, 0.1) is 0 Å². The molecule has 1 atom stereocenters. The summed E-state index contributed by atoms with van der Waals surface area (Å²) in [7, 11) is 0. The van der Waals surface area contributed by atoms with Gasteiger partial charge in [0, 0.05) is 6.04 Å². The minimum absolute atomic E-state index is 0.164. The molecule has 0 aliphatic heterocycles. The lowest BCUT2D eigenvalue weighted by Crippen LogP contribution is -2.48. The monoisotopic (exact) mass is 356 g/mol. The van der Waals surface area contributed by atoms with E-state index in [0.717, 1.165) is 25.7 Å². The van der Waals surface area contributed by atoms with Crippen LogP contribution in [0.1, 0.15) is 55.8 Å². The van der Waals surface area contributed by atoms with Crippen molar-refractivity contribution in [1.29, 1.82) is 0 Å². The van der Waals surface area contributed by atoms with Crippen molar-refractivity contribution in [3.8, 4) is 0 Å². The first kappa shape index (κ1) is 18.1. The molecular weight excluding hydrogens is 335 g/mol. The van der Waals surface area contributed by atoms with Crippen LogP contribution in [0.25, 0.3) is 0 Å². The second-order valence-corrected chi connectivity index (χ2v) is 6.78. The molecule has 0 radical (unpaired) electrons. The lowest BCUT2D eigenvalue weighted by Gasteiger charge is -2.20. The average Bonchev–Trinajstić information content (AvgIpc) is 2.78. The highest BCUT2D eigenvalue weighted by Crippen LogP contribution is 2.25. The molecule has 0 aromatic heterocycles. The molecule has 0 unspecified atom stereocenters. The molecule has 1 saturated carbocycles. The fraction of sp³-hybridized carbons (Fsp3) is 0.529. The fourth-order valence-electron chi connectivity index (χ4n) is 2.77. The summed E-state index contributed by atoms with van der Waals surface area (Å²) in [5.74, 6) is -0.565. The third kappa shape index (κ3) is 5.11. The maximum atomic E-state index is 12.3. The Bertz CT molecular complexity index is 570. The Morgan fingerprint density at radius 3 is 2.43 bits per heavy atom. The highest BCUT2D eigenvalue weighted by Gasteiger charge is 2.22. The molecule has 2 amide bonds. The first-order valence-electron chi connectivity index (χ1n) is 8.04. The largest absolute Gasteiger partial charge is 0.352 e. The van der Waals surface area contributed by atoms with E-state index in [1.807, 2.05) is 0 Å². The van der Waals surface area contributed by atoms with Gasteiger partial charge in [0.2, 0.25) is 5.91 Å². The summed E-state index contributed by atoms with van der Waals surface area (Å²) in [5.41, 5.74) is 0.272. The number of halogens is 2. The zero-order chi connectivity index (χ0) is 16.8. The van der Waals surface area contributed by atoms with E-state index >= 15 is 0 Å². The standard InChI is InChI=1S/C17H22Cl2N2O2/c1-11(16(22)21-12-7-4-2-3-5-8-12)20-17(23)13-9-6-10-14(18)15(13)19/h6,9-12H,2-5,7-8H2,1H3,(H,20,23)(H,21,22)/t11-/m1/s1. The van der Waals surface area contributed by atoms with Gasteiger partial charge in [-0.05, 0) is 31.9 Å². The van der Waals surface area contributed by atoms with Crippen molar-refractivity contribution >= 4 is 35.0 Å². The van der Waals surface area contributed by atoms with E-state index in [-0.39, 0.29) is 22.5 Å². The van der Waals surface area contributed by atoms with E-state index in [1.165, 1.54) is 12.8 Å². The molecule has 6 heteroatoms. The van der Waals surface area contributed by atoms with Crippen LogP contribution in [0.3, 0.4) is 0 Å². The highest BCUT2D eigenvalue weighted by molar-refractivity contribution is 6.43. The van der Waals surface area contributed by atoms with Crippen molar-refractivity contribution in [3.63, 3.8) is 0 Å². The third-order valence-electron chi connectivity index (χ3n) is 4.14. The van der Waals surface area contributed by atoms with Crippen molar-refractivity contribution in [1.82, 2.24) is 10.6 Å². The second kappa shape index (κ2) is 8.55. The van der Waals surface area contributed by atoms with Crippen LogP contribution >= 0.6 is 23.2 Å². The lowest BCUT2D eigenvalue weighted by molar-refractivity contribution is -0.123. The summed E-state index contributed by atoms with van der Waals surface area (Å²) in [4.78, 5) is 24.5. The lowest BCUT2D eigenvalue weighted by atomic mass is 10.1. The summed E-state index contributed by atoms with van der Waals surface area (Å²) < 4.78 is 0. The van der Waals surface area contributed by atoms with E-state index in [4.69, 9.17) is 23.2 Å². The van der Waals surface area contributed by atoms with Crippen LogP contribution in [0.2, 0.25) is 10.0 Å². The summed E-state index contributed by atoms with van der Waals surface area (Å²) in [6, 6.07) is 4.43. The number of hydrogen-bond donors (Lipinski definition) is 2. The highest BCUT2D eigenvalue weighted by atomic mass is 35.5. The minimum atomic E-state index is -0.624. The van der Waals surface area contributed by atoms with Crippen LogP contribution in [0.5, 0.6) is 0 Å². The van der Waals surface area contributed by atoms with Crippen LogP contribution in [0.15, 0.2) is 18.2 Å². The smallest absolute Gasteiger partial charge is 0.253 e. The molecular formula is C17H22Cl2N2O2. The van der Waals surface area contributed by atoms with Gasteiger partial charge in [0.25, 0.3) is 5.91 Å². The molecule has 1 aliphatic rings. The number of nitrogens with one attached hydrogen (secondary N) is 2. The summed E-state index contributed by atoms with van der Waals surface area (Å²) >= 11 is 11.9. The third-order valence-corrected chi connectivity index (χ3v) is 4.96. The zero-order valence-electron chi connectivity index (χ0n) is 13.2. The maximum absolute atomic E-state index is 12.3. The normalized spacial score (nSPS) is 17.2. The van der Waals surface area contributed by atoms with Gasteiger partial charge in [-0.2, -0.15) is 0 Å². The Morgan fingerprint density at radius 2 is 1.78 bits per heavy atom. The first-order chi connectivity index (χ1) is 11.0. The first-order valence-corrected chi connectivity index (χ1v) is 8.80. The van der Waals surface area contributed by atoms with Gasteiger partial charge in [-0.1, -0.05) is 55.0 Å². The van der Waals surface area contributed by atoms with Gasteiger partial charge in [-0.25, -0.2) is 0 Å². The van der Waals surface area contributed by atoms with Crippen LogP contribution in [-0.2, 0) is 4.79 Å². The SMILES string of the molecule is C[C@@H](NC(=O)c1cccc(Cl)c1Cl)C(=O)NC1CCCCCC1. The van der Waals surface area contributed by atoms with Gasteiger partial charge in [0.15, 0.2) is 0 Å². The molecule has 1 aromatic carbocycles. The predicted molar refractivity (Wildman–Crippen MR) is 93.0 cm³/mol. The molecule has 2 N–H and O–H groups in total. The minimum Gasteiger partial charge on any atom is -0.352 e. The summed E-state index contributed by atoms with van der Waals surface area (Å²) in [6.07, 6.45) is 6.75. The number of carbonyl (C=O) groups is 2. The van der Waals surface area contributed by atoms with Crippen molar-refractivity contribution in [2.75, 3.05) is 0 Å². The number of rotatable bonds is 4. The quantitative estimate of drug-likeness (QED) is 0.802. The molecule has 4 nitrogen and oxygen atoms in total. The summed E-state index contributed by atoms with van der Waals surface area (Å²) in [6.45, 7) is 1.67. The number of amides is 2. The van der Waals surface area contributed by atoms with Crippen molar-refractivity contribution in [2.24, 2.45) is 0 Å². The topological polar surface area (TPSA) is 58.2 Å². The molecule has 1 fully saturated rings. The molecule has 0 spiro atoms. The van der Waals surface area contributed by atoms with Crippen molar-refractivity contribution in [2.45, 2.75) is 57.5 Å². The molecule has 0 saturated heterocycles. The number of benzene rings is 1. The molecule has 2 rings (SSSR count). The molecule has 1 aliphatic carbocycles. The van der Waals surface area contributed by atoms with Gasteiger partial charge in [0.1, 0.15) is 6.04 Å². The number of carbonyl (C=O) groups excluding carboxylic acids is 2. The van der Waals surface area contributed by atoms with E-state index in [9.17, 15) is 9.59 Å². The van der Waals surface area contributed by atoms with Crippen LogP contribution in [-0.4, -0.2) is 23.9 Å². The van der Waals surface area contributed by atoms with Gasteiger partial charge in [-0.15, -0.1) is 0 Å². The van der Waals surface area contributed by atoms with Crippen molar-refractivity contribution in [3.05, 3.63) is 33.8 Å². The van der Waals surface area contributed by atoms with Crippen LogP contribution in [0.4, 0.5) is 0 Å². The Balaban J connectivity index is 1.92. The van der Waals surface area contributed by atoms with Gasteiger partial charge in [0.05, 0.1) is 15.6 Å². The molecule has 1 aromatic rings. The molecule has 23 heavy (non-hydrogen) atoms. The zero-order valence-corrected chi connectivity index (χ0v) is 14.7.